The monoisotopic (exact) mass is 397 g/mol. The minimum absolute atomic E-state index is 0.0453. The summed E-state index contributed by atoms with van der Waals surface area (Å²) < 4.78 is 29.6. The summed E-state index contributed by atoms with van der Waals surface area (Å²) in [5, 5.41) is 7.35. The van der Waals surface area contributed by atoms with Gasteiger partial charge in [0.2, 0.25) is 0 Å². The van der Waals surface area contributed by atoms with E-state index in [0.29, 0.717) is 30.4 Å². The Morgan fingerprint density at radius 2 is 2.08 bits per heavy atom. The van der Waals surface area contributed by atoms with Gasteiger partial charge in [-0.3, -0.25) is 4.79 Å². The molecule has 0 saturated carbocycles. The number of sulfone groups is 1. The maximum atomic E-state index is 12.5. The van der Waals surface area contributed by atoms with Crippen LogP contribution < -0.4 is 10.9 Å². The Hall–Kier alpha value is -1.90. The minimum atomic E-state index is -3.30. The summed E-state index contributed by atoms with van der Waals surface area (Å²) in [6, 6.07) is 5.91. The van der Waals surface area contributed by atoms with Gasteiger partial charge in [-0.05, 0) is 43.0 Å². The fraction of sp³-hybridized carbons (Fsp3) is 0.412. The highest BCUT2D eigenvalue weighted by Crippen LogP contribution is 2.20. The molecule has 7 nitrogen and oxygen atoms in total. The maximum absolute atomic E-state index is 12.5. The van der Waals surface area contributed by atoms with Gasteiger partial charge in [-0.15, -0.1) is 0 Å². The van der Waals surface area contributed by atoms with E-state index in [2.05, 4.69) is 10.4 Å². The average molecular weight is 398 g/mol. The van der Waals surface area contributed by atoms with Gasteiger partial charge < -0.3 is 10.1 Å². The van der Waals surface area contributed by atoms with Crippen LogP contribution in [0.5, 0.6) is 0 Å². The predicted molar refractivity (Wildman–Crippen MR) is 100.0 cm³/mol. The van der Waals surface area contributed by atoms with Crippen LogP contribution in [0, 0.1) is 5.92 Å². The molecular weight excluding hydrogens is 378 g/mol. The van der Waals surface area contributed by atoms with Crippen LogP contribution in [-0.4, -0.2) is 44.2 Å². The molecule has 0 aliphatic carbocycles. The molecule has 1 atom stereocenters. The van der Waals surface area contributed by atoms with Crippen molar-refractivity contribution in [2.45, 2.75) is 17.7 Å². The molecule has 1 aliphatic heterocycles. The smallest absolute Gasteiger partial charge is 0.292 e. The predicted octanol–water partition coefficient (Wildman–Crippen LogP) is 2.13. The van der Waals surface area contributed by atoms with Crippen molar-refractivity contribution in [3.05, 3.63) is 45.8 Å². The van der Waals surface area contributed by atoms with Gasteiger partial charge in [0.05, 0.1) is 29.1 Å². The van der Waals surface area contributed by atoms with Crippen LogP contribution in [0.15, 0.2) is 40.2 Å². The van der Waals surface area contributed by atoms with Crippen LogP contribution in [-0.2, 0) is 14.6 Å². The molecule has 0 bridgehead atoms. The second-order valence-electron chi connectivity index (χ2n) is 6.32. The number of anilines is 1. The van der Waals surface area contributed by atoms with Gasteiger partial charge >= 0.3 is 0 Å². The summed E-state index contributed by atoms with van der Waals surface area (Å²) in [6.45, 7) is 2.16. The number of aromatic nitrogens is 2. The molecule has 1 aromatic heterocycles. The Labute approximate surface area is 156 Å². The zero-order chi connectivity index (χ0) is 18.7. The second-order valence-corrected chi connectivity index (χ2v) is 8.71. The van der Waals surface area contributed by atoms with Crippen LogP contribution in [0.2, 0.25) is 5.02 Å². The number of hydrogen-bond donors (Lipinski definition) is 1. The van der Waals surface area contributed by atoms with Gasteiger partial charge in [0.15, 0.2) is 9.84 Å². The third-order valence-corrected chi connectivity index (χ3v) is 5.76. The van der Waals surface area contributed by atoms with Gasteiger partial charge in [-0.1, -0.05) is 11.6 Å². The molecule has 9 heteroatoms. The Balaban J connectivity index is 1.79. The van der Waals surface area contributed by atoms with Gasteiger partial charge in [0.25, 0.3) is 5.56 Å². The topological polar surface area (TPSA) is 90.3 Å². The van der Waals surface area contributed by atoms with Crippen LogP contribution in [0.25, 0.3) is 5.69 Å². The number of nitrogens with one attached hydrogen (secondary N) is 1. The highest BCUT2D eigenvalue weighted by Gasteiger charge is 2.16. The molecule has 1 unspecified atom stereocenters. The lowest BCUT2D eigenvalue weighted by Gasteiger charge is -2.22. The quantitative estimate of drug-likeness (QED) is 0.831. The summed E-state index contributed by atoms with van der Waals surface area (Å²) in [4.78, 5) is 12.7. The van der Waals surface area contributed by atoms with Crippen molar-refractivity contribution in [2.75, 3.05) is 31.3 Å². The Morgan fingerprint density at radius 3 is 2.69 bits per heavy atom. The van der Waals surface area contributed by atoms with E-state index in [-0.39, 0.29) is 9.92 Å². The zero-order valence-electron chi connectivity index (χ0n) is 14.3. The number of hydrogen-bond acceptors (Lipinski definition) is 6. The fourth-order valence-electron chi connectivity index (χ4n) is 2.80. The van der Waals surface area contributed by atoms with Crippen molar-refractivity contribution in [1.82, 2.24) is 9.78 Å². The maximum Gasteiger partial charge on any atom is 0.292 e. The summed E-state index contributed by atoms with van der Waals surface area (Å²) in [5.41, 5.74) is 0.450. The van der Waals surface area contributed by atoms with Crippen molar-refractivity contribution in [3.8, 4) is 5.69 Å². The summed E-state index contributed by atoms with van der Waals surface area (Å²) in [6.07, 6.45) is 4.73. The molecule has 0 spiro atoms. The van der Waals surface area contributed by atoms with Gasteiger partial charge in [0.1, 0.15) is 5.02 Å². The molecule has 0 amide bonds. The third-order valence-electron chi connectivity index (χ3n) is 4.26. The number of nitrogens with zero attached hydrogens (tertiary/aromatic N) is 2. The number of halogens is 1. The first-order valence-corrected chi connectivity index (χ1v) is 10.5. The van der Waals surface area contributed by atoms with E-state index >= 15 is 0 Å². The minimum Gasteiger partial charge on any atom is -0.382 e. The summed E-state index contributed by atoms with van der Waals surface area (Å²) in [5.74, 6) is 0.380. The van der Waals surface area contributed by atoms with Gasteiger partial charge in [-0.2, -0.15) is 9.78 Å². The molecule has 1 aromatic carbocycles. The van der Waals surface area contributed by atoms with Crippen molar-refractivity contribution in [1.29, 1.82) is 0 Å². The lowest BCUT2D eigenvalue weighted by molar-refractivity contribution is 0.0595. The Kier molecular flexibility index (Phi) is 5.64. The van der Waals surface area contributed by atoms with Crippen LogP contribution in [0.1, 0.15) is 12.8 Å². The summed E-state index contributed by atoms with van der Waals surface area (Å²) >= 11 is 6.21. The van der Waals surface area contributed by atoms with E-state index in [4.69, 9.17) is 16.3 Å². The molecule has 1 fully saturated rings. The van der Waals surface area contributed by atoms with E-state index in [1.54, 1.807) is 0 Å². The van der Waals surface area contributed by atoms with E-state index in [1.165, 1.54) is 30.5 Å². The van der Waals surface area contributed by atoms with Crippen LogP contribution >= 0.6 is 11.6 Å². The molecule has 1 saturated heterocycles. The number of rotatable bonds is 5. The molecular formula is C17H20ClN3O4S. The van der Waals surface area contributed by atoms with Crippen LogP contribution in [0.4, 0.5) is 5.69 Å². The van der Waals surface area contributed by atoms with E-state index in [9.17, 15) is 13.2 Å². The first-order valence-electron chi connectivity index (χ1n) is 8.26. The second kappa shape index (κ2) is 7.77. The normalized spacial score (nSPS) is 17.8. The largest absolute Gasteiger partial charge is 0.382 e. The molecule has 1 N–H and O–H groups in total. The Bertz CT molecular complexity index is 935. The van der Waals surface area contributed by atoms with E-state index < -0.39 is 15.4 Å². The third kappa shape index (κ3) is 4.25. The zero-order valence-corrected chi connectivity index (χ0v) is 15.9. The molecule has 26 heavy (non-hydrogen) atoms. The lowest BCUT2D eigenvalue weighted by atomic mass is 10.0. The van der Waals surface area contributed by atoms with Crippen LogP contribution in [0.3, 0.4) is 0 Å². The van der Waals surface area contributed by atoms with Gasteiger partial charge in [-0.25, -0.2) is 8.42 Å². The summed E-state index contributed by atoms with van der Waals surface area (Å²) in [7, 11) is -3.30. The average Bonchev–Trinajstić information content (AvgIpc) is 2.63. The SMILES string of the molecule is CS(=O)(=O)c1ccc(-n2ncc(NCC3CCCOC3)c(Cl)c2=O)cc1. The number of ether oxygens (including phenoxy) is 1. The fourth-order valence-corrected chi connectivity index (χ4v) is 3.62. The molecule has 2 heterocycles. The Morgan fingerprint density at radius 1 is 1.35 bits per heavy atom. The lowest BCUT2D eigenvalue weighted by Crippen LogP contribution is -2.26. The van der Waals surface area contributed by atoms with Crippen molar-refractivity contribution in [2.24, 2.45) is 5.92 Å². The molecule has 0 radical (unpaired) electrons. The van der Waals surface area contributed by atoms with Crippen molar-refractivity contribution in [3.63, 3.8) is 0 Å². The molecule has 2 aromatic rings. The van der Waals surface area contributed by atoms with Gasteiger partial charge in [0, 0.05) is 19.4 Å². The standard InChI is InChI=1S/C17H20ClN3O4S/c1-26(23,24)14-6-4-13(5-7-14)21-17(22)16(18)15(10-20-21)19-9-12-3-2-8-25-11-12/h4-7,10,12,19H,2-3,8-9,11H2,1H3. The first kappa shape index (κ1) is 18.9. The molecule has 3 rings (SSSR count). The highest BCUT2D eigenvalue weighted by molar-refractivity contribution is 7.90. The molecule has 140 valence electrons. The van der Waals surface area contributed by atoms with Crippen molar-refractivity contribution >= 4 is 27.1 Å². The van der Waals surface area contributed by atoms with E-state index in [0.717, 1.165) is 30.4 Å². The van der Waals surface area contributed by atoms with Crippen molar-refractivity contribution < 1.29 is 13.2 Å². The molecule has 1 aliphatic rings. The number of benzene rings is 1. The van der Waals surface area contributed by atoms with E-state index in [1.807, 2.05) is 0 Å². The highest BCUT2D eigenvalue weighted by atomic mass is 35.5. The first-order chi connectivity index (χ1) is 12.4.